The molecule has 0 saturated carbocycles. The molecule has 0 bridgehead atoms. The smallest absolute Gasteiger partial charge is 0.255 e. The predicted molar refractivity (Wildman–Crippen MR) is 61.4 cm³/mol. The van der Waals surface area contributed by atoms with Gasteiger partial charge in [-0.05, 0) is 24.8 Å². The summed E-state index contributed by atoms with van der Waals surface area (Å²) >= 11 is 1.50. The van der Waals surface area contributed by atoms with Crippen molar-refractivity contribution in [3.8, 4) is 0 Å². The number of hydrogen-bond acceptors (Lipinski definition) is 4. The molecule has 0 amide bonds. The molecule has 16 heavy (non-hydrogen) atoms. The second-order valence-electron chi connectivity index (χ2n) is 3.49. The SMILES string of the molecule is Cc1nc(NCC(F)F)c2c(C)csc2n1. The van der Waals surface area contributed by atoms with Gasteiger partial charge in [0, 0.05) is 0 Å². The van der Waals surface area contributed by atoms with Crippen molar-refractivity contribution in [3.05, 3.63) is 16.8 Å². The molecule has 0 atom stereocenters. The highest BCUT2D eigenvalue weighted by molar-refractivity contribution is 7.17. The van der Waals surface area contributed by atoms with Gasteiger partial charge in [-0.15, -0.1) is 11.3 Å². The summed E-state index contributed by atoms with van der Waals surface area (Å²) in [6.07, 6.45) is -2.38. The van der Waals surface area contributed by atoms with Gasteiger partial charge in [-0.3, -0.25) is 0 Å². The van der Waals surface area contributed by atoms with Crippen molar-refractivity contribution in [2.45, 2.75) is 20.3 Å². The molecule has 0 unspecified atom stereocenters. The lowest BCUT2D eigenvalue weighted by molar-refractivity contribution is 0.163. The summed E-state index contributed by atoms with van der Waals surface area (Å²) in [5.41, 5.74) is 1.01. The van der Waals surface area contributed by atoms with Gasteiger partial charge < -0.3 is 5.32 Å². The van der Waals surface area contributed by atoms with E-state index in [1.807, 2.05) is 12.3 Å². The van der Waals surface area contributed by atoms with Crippen molar-refractivity contribution in [2.75, 3.05) is 11.9 Å². The number of hydrogen-bond donors (Lipinski definition) is 1. The first-order chi connectivity index (χ1) is 7.58. The molecular weight excluding hydrogens is 232 g/mol. The van der Waals surface area contributed by atoms with Gasteiger partial charge in [0.2, 0.25) is 0 Å². The van der Waals surface area contributed by atoms with E-state index >= 15 is 0 Å². The first-order valence-electron chi connectivity index (χ1n) is 4.82. The Morgan fingerprint density at radius 3 is 2.81 bits per heavy atom. The molecule has 3 nitrogen and oxygen atoms in total. The Hall–Kier alpha value is -1.30. The van der Waals surface area contributed by atoms with Crippen molar-refractivity contribution in [1.82, 2.24) is 9.97 Å². The standard InChI is InChI=1S/C10H11F2N3S/c1-5-4-16-10-8(5)9(13-3-7(11)12)14-6(2)15-10/h4,7H,3H2,1-2H3,(H,13,14,15). The molecule has 1 N–H and O–H groups in total. The number of fused-ring (bicyclic) bond motifs is 1. The molecule has 0 aliphatic carbocycles. The van der Waals surface area contributed by atoms with Crippen LogP contribution in [-0.2, 0) is 0 Å². The minimum Gasteiger partial charge on any atom is -0.364 e. The maximum atomic E-state index is 12.1. The monoisotopic (exact) mass is 243 g/mol. The number of thiophene rings is 1. The van der Waals surface area contributed by atoms with Crippen molar-refractivity contribution in [3.63, 3.8) is 0 Å². The maximum Gasteiger partial charge on any atom is 0.255 e. The average Bonchev–Trinajstić information content (AvgIpc) is 2.56. The van der Waals surface area contributed by atoms with Crippen LogP contribution in [0, 0.1) is 13.8 Å². The van der Waals surface area contributed by atoms with E-state index in [4.69, 9.17) is 0 Å². The molecule has 86 valence electrons. The molecule has 6 heteroatoms. The molecule has 0 aliphatic rings. The van der Waals surface area contributed by atoms with Crippen LogP contribution in [0.4, 0.5) is 14.6 Å². The van der Waals surface area contributed by atoms with Crippen LogP contribution in [-0.4, -0.2) is 22.9 Å². The Balaban J connectivity index is 2.45. The van der Waals surface area contributed by atoms with E-state index < -0.39 is 6.43 Å². The van der Waals surface area contributed by atoms with Crippen LogP contribution in [0.15, 0.2) is 5.38 Å². The second-order valence-corrected chi connectivity index (χ2v) is 4.35. The summed E-state index contributed by atoms with van der Waals surface area (Å²) in [4.78, 5) is 9.26. The normalized spacial score (nSPS) is 11.3. The Labute approximate surface area is 95.5 Å². The fraction of sp³-hybridized carbons (Fsp3) is 0.400. The summed E-state index contributed by atoms with van der Waals surface area (Å²) in [5, 5.41) is 5.45. The van der Waals surface area contributed by atoms with Gasteiger partial charge in [-0.25, -0.2) is 18.7 Å². The third-order valence-electron chi connectivity index (χ3n) is 2.15. The molecule has 2 rings (SSSR count). The first-order valence-corrected chi connectivity index (χ1v) is 5.70. The lowest BCUT2D eigenvalue weighted by atomic mass is 10.2. The molecule has 0 spiro atoms. The van der Waals surface area contributed by atoms with Crippen LogP contribution < -0.4 is 5.32 Å². The van der Waals surface area contributed by atoms with Crippen molar-refractivity contribution in [2.24, 2.45) is 0 Å². The topological polar surface area (TPSA) is 37.8 Å². The van der Waals surface area contributed by atoms with Gasteiger partial charge in [-0.1, -0.05) is 0 Å². The van der Waals surface area contributed by atoms with Crippen LogP contribution in [0.5, 0.6) is 0 Å². The lowest BCUT2D eigenvalue weighted by Crippen LogP contribution is -2.12. The summed E-state index contributed by atoms with van der Waals surface area (Å²) in [6, 6.07) is 0. The molecule has 2 aromatic heterocycles. The third-order valence-corrected chi connectivity index (χ3v) is 3.14. The van der Waals surface area contributed by atoms with Crippen molar-refractivity contribution in [1.29, 1.82) is 0 Å². The molecule has 0 saturated heterocycles. The Kier molecular flexibility index (Phi) is 3.00. The van der Waals surface area contributed by atoms with Gasteiger partial charge in [0.05, 0.1) is 11.9 Å². The maximum absolute atomic E-state index is 12.1. The molecule has 0 fully saturated rings. The highest BCUT2D eigenvalue weighted by atomic mass is 32.1. The Bertz CT molecular complexity index is 510. The zero-order chi connectivity index (χ0) is 11.7. The lowest BCUT2D eigenvalue weighted by Gasteiger charge is -2.07. The van der Waals surface area contributed by atoms with Gasteiger partial charge in [0.1, 0.15) is 16.5 Å². The number of alkyl halides is 2. The number of anilines is 1. The summed E-state index contributed by atoms with van der Waals surface area (Å²) in [6.45, 7) is 3.29. The fourth-order valence-corrected chi connectivity index (χ4v) is 2.46. The van der Waals surface area contributed by atoms with Gasteiger partial charge in [0.25, 0.3) is 6.43 Å². The number of aryl methyl sites for hydroxylation is 2. The summed E-state index contributed by atoms with van der Waals surface area (Å²) in [7, 11) is 0. The first kappa shape index (κ1) is 11.2. The van der Waals surface area contributed by atoms with Crippen LogP contribution in [0.1, 0.15) is 11.4 Å². The molecule has 2 heterocycles. The van der Waals surface area contributed by atoms with Gasteiger partial charge in [0.15, 0.2) is 0 Å². The zero-order valence-electron chi connectivity index (χ0n) is 8.92. The molecule has 0 aromatic carbocycles. The van der Waals surface area contributed by atoms with E-state index in [-0.39, 0.29) is 6.54 Å². The molecular formula is C10H11F2N3S. The van der Waals surface area contributed by atoms with Gasteiger partial charge >= 0.3 is 0 Å². The number of nitrogens with one attached hydrogen (secondary N) is 1. The summed E-state index contributed by atoms with van der Waals surface area (Å²) < 4.78 is 24.3. The summed E-state index contributed by atoms with van der Waals surface area (Å²) in [5.74, 6) is 1.09. The highest BCUT2D eigenvalue weighted by Crippen LogP contribution is 2.29. The van der Waals surface area contributed by atoms with Crippen molar-refractivity contribution < 1.29 is 8.78 Å². The van der Waals surface area contributed by atoms with Crippen LogP contribution in [0.2, 0.25) is 0 Å². The minimum absolute atomic E-state index is 0.388. The van der Waals surface area contributed by atoms with E-state index in [0.717, 1.165) is 15.8 Å². The van der Waals surface area contributed by atoms with E-state index in [1.165, 1.54) is 11.3 Å². The predicted octanol–water partition coefficient (Wildman–Crippen LogP) is 2.99. The molecule has 2 aromatic rings. The van der Waals surface area contributed by atoms with E-state index in [9.17, 15) is 8.78 Å². The molecule has 0 aliphatic heterocycles. The Morgan fingerprint density at radius 2 is 2.12 bits per heavy atom. The van der Waals surface area contributed by atoms with E-state index in [0.29, 0.717) is 11.6 Å². The van der Waals surface area contributed by atoms with Crippen LogP contribution >= 0.6 is 11.3 Å². The number of aromatic nitrogens is 2. The van der Waals surface area contributed by atoms with Crippen LogP contribution in [0.3, 0.4) is 0 Å². The largest absolute Gasteiger partial charge is 0.364 e. The van der Waals surface area contributed by atoms with Gasteiger partial charge in [-0.2, -0.15) is 0 Å². The quantitative estimate of drug-likeness (QED) is 0.900. The second kappa shape index (κ2) is 4.29. The fourth-order valence-electron chi connectivity index (χ4n) is 1.49. The average molecular weight is 243 g/mol. The number of halogens is 2. The number of nitrogens with zero attached hydrogens (tertiary/aromatic N) is 2. The number of rotatable bonds is 3. The third kappa shape index (κ3) is 2.11. The van der Waals surface area contributed by atoms with Crippen molar-refractivity contribution >= 4 is 27.4 Å². The van der Waals surface area contributed by atoms with Crippen LogP contribution in [0.25, 0.3) is 10.2 Å². The highest BCUT2D eigenvalue weighted by Gasteiger charge is 2.11. The molecule has 0 radical (unpaired) electrons. The zero-order valence-corrected chi connectivity index (χ0v) is 9.74. The minimum atomic E-state index is -2.38. The van der Waals surface area contributed by atoms with E-state index in [1.54, 1.807) is 6.92 Å². The Morgan fingerprint density at radius 1 is 1.38 bits per heavy atom. The van der Waals surface area contributed by atoms with E-state index in [2.05, 4.69) is 15.3 Å².